The van der Waals surface area contributed by atoms with Gasteiger partial charge in [0.15, 0.2) is 8.68 Å². The molecule has 0 bridgehead atoms. The van der Waals surface area contributed by atoms with Crippen molar-refractivity contribution in [1.29, 1.82) is 0 Å². The second-order valence-electron chi connectivity index (χ2n) is 4.48. The first-order valence-electron chi connectivity index (χ1n) is 6.24. The van der Waals surface area contributed by atoms with E-state index < -0.39 is 0 Å². The van der Waals surface area contributed by atoms with Gasteiger partial charge in [-0.15, -0.1) is 10.2 Å². The molecule has 5 heteroatoms. The molecule has 17 heavy (non-hydrogen) atoms. The molecule has 2 unspecified atom stereocenters. The van der Waals surface area contributed by atoms with E-state index in [1.165, 1.54) is 12.8 Å². The molecule has 1 aromatic rings. The van der Waals surface area contributed by atoms with Crippen molar-refractivity contribution in [3.63, 3.8) is 0 Å². The van der Waals surface area contributed by atoms with Crippen molar-refractivity contribution in [2.45, 2.75) is 49.2 Å². The van der Waals surface area contributed by atoms with Crippen LogP contribution in [0.4, 0.5) is 0 Å². The summed E-state index contributed by atoms with van der Waals surface area (Å²) in [6.07, 6.45) is 2.48. The Kier molecular flexibility index (Phi) is 7.55. The van der Waals surface area contributed by atoms with Gasteiger partial charge in [-0.2, -0.15) is 0 Å². The molecule has 2 atom stereocenters. The molecule has 0 aliphatic carbocycles. The van der Waals surface area contributed by atoms with Crippen LogP contribution in [-0.2, 0) is 0 Å². The summed E-state index contributed by atoms with van der Waals surface area (Å²) in [5.74, 6) is 3.84. The summed E-state index contributed by atoms with van der Waals surface area (Å²) in [5, 5.41) is 8.47. The van der Waals surface area contributed by atoms with E-state index in [0.717, 1.165) is 32.0 Å². The van der Waals surface area contributed by atoms with Gasteiger partial charge in [-0.25, -0.2) is 0 Å². The topological polar surface area (TPSA) is 25.8 Å². The van der Waals surface area contributed by atoms with E-state index >= 15 is 0 Å². The van der Waals surface area contributed by atoms with Gasteiger partial charge in [0.2, 0.25) is 0 Å². The highest BCUT2D eigenvalue weighted by Crippen LogP contribution is 2.31. The van der Waals surface area contributed by atoms with Gasteiger partial charge < -0.3 is 0 Å². The Morgan fingerprint density at radius 3 is 1.71 bits per heavy atom. The molecule has 0 aliphatic rings. The van der Waals surface area contributed by atoms with Crippen LogP contribution in [0.25, 0.3) is 0 Å². The molecule has 0 spiro atoms. The number of rotatable bonds is 8. The Bertz CT molecular complexity index is 286. The molecular weight excluding hydrogens is 268 g/mol. The first kappa shape index (κ1) is 15.3. The number of nitrogens with zero attached hydrogens (tertiary/aromatic N) is 2. The maximum atomic E-state index is 4.24. The third-order valence-electron chi connectivity index (χ3n) is 2.76. The zero-order valence-electron chi connectivity index (χ0n) is 11.1. The minimum atomic E-state index is 0.764. The maximum Gasteiger partial charge on any atom is 0.175 e. The molecule has 0 aliphatic heterocycles. The van der Waals surface area contributed by atoms with Crippen LogP contribution in [0.5, 0.6) is 0 Å². The molecule has 0 saturated heterocycles. The average molecular weight is 291 g/mol. The Morgan fingerprint density at radius 1 is 0.941 bits per heavy atom. The fourth-order valence-electron chi connectivity index (χ4n) is 0.977. The van der Waals surface area contributed by atoms with Gasteiger partial charge in [0.25, 0.3) is 0 Å². The van der Waals surface area contributed by atoms with Crippen molar-refractivity contribution in [1.82, 2.24) is 10.2 Å². The standard InChI is InChI=1S/C12H22N2S3/c1-5-9(3)7-15-11-13-14-12(17-11)16-8-10(4)6-2/h9-10H,5-8H2,1-4H3. The zero-order valence-corrected chi connectivity index (χ0v) is 13.6. The zero-order chi connectivity index (χ0) is 12.7. The minimum absolute atomic E-state index is 0.764. The molecule has 0 fully saturated rings. The van der Waals surface area contributed by atoms with Gasteiger partial charge in [0.1, 0.15) is 0 Å². The molecule has 2 nitrogen and oxygen atoms in total. The molecule has 0 amide bonds. The first-order chi connectivity index (χ1) is 8.15. The van der Waals surface area contributed by atoms with E-state index in [2.05, 4.69) is 37.9 Å². The Hall–Kier alpha value is 0.260. The maximum absolute atomic E-state index is 4.24. The minimum Gasteiger partial charge on any atom is -0.131 e. The molecule has 1 heterocycles. The third kappa shape index (κ3) is 6.11. The molecule has 0 N–H and O–H groups in total. The number of aromatic nitrogens is 2. The summed E-state index contributed by atoms with van der Waals surface area (Å²) in [7, 11) is 0. The highest BCUT2D eigenvalue weighted by molar-refractivity contribution is 8.03. The lowest BCUT2D eigenvalue weighted by atomic mass is 10.2. The second-order valence-corrected chi connectivity index (χ2v) is 7.99. The molecule has 1 rings (SSSR count). The van der Waals surface area contributed by atoms with E-state index in [-0.39, 0.29) is 0 Å². The van der Waals surface area contributed by atoms with Crippen molar-refractivity contribution in [2.75, 3.05) is 11.5 Å². The van der Waals surface area contributed by atoms with E-state index in [1.54, 1.807) is 11.3 Å². The van der Waals surface area contributed by atoms with Gasteiger partial charge in [-0.1, -0.05) is 75.4 Å². The fraction of sp³-hybridized carbons (Fsp3) is 0.833. The van der Waals surface area contributed by atoms with Crippen molar-refractivity contribution >= 4 is 34.9 Å². The predicted molar refractivity (Wildman–Crippen MR) is 80.3 cm³/mol. The highest BCUT2D eigenvalue weighted by Gasteiger charge is 2.08. The normalized spacial score (nSPS) is 14.8. The molecule has 0 saturated carbocycles. The monoisotopic (exact) mass is 290 g/mol. The first-order valence-corrected chi connectivity index (χ1v) is 9.03. The third-order valence-corrected chi connectivity index (χ3v) is 6.61. The van der Waals surface area contributed by atoms with E-state index in [0.29, 0.717) is 0 Å². The van der Waals surface area contributed by atoms with Gasteiger partial charge in [0, 0.05) is 11.5 Å². The summed E-state index contributed by atoms with van der Waals surface area (Å²) < 4.78 is 2.24. The van der Waals surface area contributed by atoms with Crippen LogP contribution in [0.3, 0.4) is 0 Å². The number of thioether (sulfide) groups is 2. The van der Waals surface area contributed by atoms with Gasteiger partial charge in [-0.3, -0.25) is 0 Å². The second kappa shape index (κ2) is 8.38. The molecular formula is C12H22N2S3. The van der Waals surface area contributed by atoms with Gasteiger partial charge >= 0.3 is 0 Å². The fourth-order valence-corrected chi connectivity index (χ4v) is 4.32. The quantitative estimate of drug-likeness (QED) is 0.641. The molecule has 0 aromatic carbocycles. The summed E-state index contributed by atoms with van der Waals surface area (Å²) in [5.41, 5.74) is 0. The van der Waals surface area contributed by atoms with E-state index in [1.807, 2.05) is 23.5 Å². The molecule has 1 aromatic heterocycles. The average Bonchev–Trinajstić information content (AvgIpc) is 2.80. The highest BCUT2D eigenvalue weighted by atomic mass is 32.2. The Labute approximate surface area is 117 Å². The molecule has 0 radical (unpaired) electrons. The Morgan fingerprint density at radius 2 is 1.35 bits per heavy atom. The lowest BCUT2D eigenvalue weighted by molar-refractivity contribution is 0.636. The van der Waals surface area contributed by atoms with Crippen molar-refractivity contribution in [3.8, 4) is 0 Å². The van der Waals surface area contributed by atoms with Gasteiger partial charge in [-0.05, 0) is 11.8 Å². The smallest absolute Gasteiger partial charge is 0.131 e. The van der Waals surface area contributed by atoms with E-state index in [9.17, 15) is 0 Å². The van der Waals surface area contributed by atoms with Crippen molar-refractivity contribution in [3.05, 3.63) is 0 Å². The van der Waals surface area contributed by atoms with Crippen LogP contribution in [0.2, 0.25) is 0 Å². The summed E-state index contributed by atoms with van der Waals surface area (Å²) in [6, 6.07) is 0. The van der Waals surface area contributed by atoms with Crippen LogP contribution in [-0.4, -0.2) is 21.7 Å². The van der Waals surface area contributed by atoms with Gasteiger partial charge in [0.05, 0.1) is 0 Å². The number of hydrogen-bond donors (Lipinski definition) is 0. The lowest BCUT2D eigenvalue weighted by Gasteiger charge is -2.04. The van der Waals surface area contributed by atoms with Crippen LogP contribution >= 0.6 is 34.9 Å². The van der Waals surface area contributed by atoms with Crippen molar-refractivity contribution in [2.24, 2.45) is 11.8 Å². The predicted octanol–water partition coefficient (Wildman–Crippen LogP) is 4.81. The molecule has 98 valence electrons. The summed E-state index contributed by atoms with van der Waals surface area (Å²) in [6.45, 7) is 9.04. The van der Waals surface area contributed by atoms with Crippen molar-refractivity contribution < 1.29 is 0 Å². The summed E-state index contributed by atoms with van der Waals surface area (Å²) in [4.78, 5) is 0. The van der Waals surface area contributed by atoms with Crippen LogP contribution in [0.15, 0.2) is 8.68 Å². The van der Waals surface area contributed by atoms with E-state index in [4.69, 9.17) is 0 Å². The Balaban J connectivity index is 2.32. The SMILES string of the molecule is CCC(C)CSc1nnc(SCC(C)CC)s1. The van der Waals surface area contributed by atoms with Crippen LogP contribution < -0.4 is 0 Å². The van der Waals surface area contributed by atoms with Crippen LogP contribution in [0, 0.1) is 11.8 Å². The lowest BCUT2D eigenvalue weighted by Crippen LogP contribution is -1.94. The summed E-state index contributed by atoms with van der Waals surface area (Å²) >= 11 is 5.43. The largest absolute Gasteiger partial charge is 0.175 e. The number of hydrogen-bond acceptors (Lipinski definition) is 5. The van der Waals surface area contributed by atoms with Crippen LogP contribution in [0.1, 0.15) is 40.5 Å².